The molecule has 1 aromatic carbocycles. The van der Waals surface area contributed by atoms with Crippen LogP contribution in [-0.2, 0) is 16.0 Å². The van der Waals surface area contributed by atoms with Crippen LogP contribution in [0.25, 0.3) is 0 Å². The Morgan fingerprint density at radius 2 is 1.39 bits per heavy atom. The van der Waals surface area contributed by atoms with Crippen molar-refractivity contribution in [2.45, 2.75) is 103 Å². The summed E-state index contributed by atoms with van der Waals surface area (Å²) >= 11 is 0. The second-order valence-corrected chi connectivity index (χ2v) is 7.76. The van der Waals surface area contributed by atoms with Crippen molar-refractivity contribution >= 4 is 12.3 Å². The summed E-state index contributed by atoms with van der Waals surface area (Å²) in [5.41, 5.74) is 6.56. The van der Waals surface area contributed by atoms with Crippen molar-refractivity contribution < 1.29 is 14.3 Å². The van der Waals surface area contributed by atoms with Crippen LogP contribution in [0.3, 0.4) is 0 Å². The molecule has 0 saturated heterocycles. The van der Waals surface area contributed by atoms with Crippen molar-refractivity contribution in [1.82, 2.24) is 0 Å². The van der Waals surface area contributed by atoms with Gasteiger partial charge in [-0.25, -0.2) is 0 Å². The molecular weight excluding hydrogens is 350 g/mol. The number of carbonyl (C=O) groups is 2. The number of benzene rings is 1. The number of unbranched alkanes of at least 4 members (excludes halogenated alkanes) is 11. The first-order valence-corrected chi connectivity index (χ1v) is 11.2. The van der Waals surface area contributed by atoms with Crippen molar-refractivity contribution in [2.75, 3.05) is 0 Å². The maximum absolute atomic E-state index is 11.9. The number of hydrogen-bond acceptors (Lipinski definition) is 4. The van der Waals surface area contributed by atoms with Crippen molar-refractivity contribution in [3.8, 4) is 5.75 Å². The number of esters is 1. The summed E-state index contributed by atoms with van der Waals surface area (Å²) in [4.78, 5) is 22.5. The van der Waals surface area contributed by atoms with Gasteiger partial charge in [0.15, 0.2) is 0 Å². The van der Waals surface area contributed by atoms with Crippen molar-refractivity contribution in [3.05, 3.63) is 29.8 Å². The molecule has 1 aromatic rings. The molecule has 0 spiro atoms. The molecule has 0 aliphatic carbocycles. The predicted molar refractivity (Wildman–Crippen MR) is 116 cm³/mol. The van der Waals surface area contributed by atoms with Crippen LogP contribution in [0.2, 0.25) is 0 Å². The first-order valence-electron chi connectivity index (χ1n) is 11.2. The maximum Gasteiger partial charge on any atom is 0.311 e. The van der Waals surface area contributed by atoms with E-state index in [1.165, 1.54) is 64.2 Å². The summed E-state index contributed by atoms with van der Waals surface area (Å²) < 4.78 is 5.36. The minimum absolute atomic E-state index is 0.176. The van der Waals surface area contributed by atoms with Gasteiger partial charge in [-0.05, 0) is 30.5 Å². The Bertz CT molecular complexity index is 527. The van der Waals surface area contributed by atoms with Gasteiger partial charge in [-0.15, -0.1) is 0 Å². The second-order valence-electron chi connectivity index (χ2n) is 7.76. The van der Waals surface area contributed by atoms with E-state index in [2.05, 4.69) is 6.92 Å². The number of hydrogen-bond donors (Lipinski definition) is 1. The minimum atomic E-state index is -0.487. The van der Waals surface area contributed by atoms with Crippen LogP contribution >= 0.6 is 0 Å². The fraction of sp³-hybridized carbons (Fsp3) is 0.667. The van der Waals surface area contributed by atoms with E-state index in [1.54, 1.807) is 12.1 Å². The van der Waals surface area contributed by atoms with E-state index in [4.69, 9.17) is 10.5 Å². The number of rotatable bonds is 17. The summed E-state index contributed by atoms with van der Waals surface area (Å²) in [6.07, 6.45) is 17.1. The van der Waals surface area contributed by atoms with Gasteiger partial charge in [-0.2, -0.15) is 0 Å². The van der Waals surface area contributed by atoms with Gasteiger partial charge in [-0.3, -0.25) is 4.79 Å². The summed E-state index contributed by atoms with van der Waals surface area (Å²) in [5.74, 6) is 0.372. The molecule has 0 heterocycles. The normalized spacial score (nSPS) is 11.9. The number of ether oxygens (including phenoxy) is 1. The van der Waals surface area contributed by atoms with Crippen molar-refractivity contribution in [2.24, 2.45) is 5.73 Å². The first kappa shape index (κ1) is 24.4. The third kappa shape index (κ3) is 12.7. The lowest BCUT2D eigenvalue weighted by atomic mass is 10.0. The summed E-state index contributed by atoms with van der Waals surface area (Å²) in [7, 11) is 0. The molecule has 0 aromatic heterocycles. The molecule has 0 bridgehead atoms. The quantitative estimate of drug-likeness (QED) is 0.159. The molecular formula is C24H39NO3. The molecule has 158 valence electrons. The van der Waals surface area contributed by atoms with Crippen molar-refractivity contribution in [3.63, 3.8) is 0 Å². The zero-order chi connectivity index (χ0) is 20.5. The lowest BCUT2D eigenvalue weighted by Crippen LogP contribution is -2.23. The van der Waals surface area contributed by atoms with Crippen LogP contribution < -0.4 is 10.5 Å². The lowest BCUT2D eigenvalue weighted by molar-refractivity contribution is -0.134. The van der Waals surface area contributed by atoms with Gasteiger partial charge in [0.05, 0.1) is 6.04 Å². The van der Waals surface area contributed by atoms with Crippen LogP contribution in [0.4, 0.5) is 0 Å². The largest absolute Gasteiger partial charge is 0.427 e. The minimum Gasteiger partial charge on any atom is -0.427 e. The number of aldehydes is 1. The molecule has 1 rings (SSSR count). The molecule has 4 nitrogen and oxygen atoms in total. The van der Waals surface area contributed by atoms with Crippen LogP contribution in [0.1, 0.15) is 96.0 Å². The predicted octanol–water partition coefficient (Wildman–Crippen LogP) is 5.75. The average Bonchev–Trinajstić information content (AvgIpc) is 2.70. The fourth-order valence-corrected chi connectivity index (χ4v) is 3.31. The third-order valence-corrected chi connectivity index (χ3v) is 5.04. The van der Waals surface area contributed by atoms with Gasteiger partial charge in [0.25, 0.3) is 0 Å². The SMILES string of the molecule is CCCCCCCCCCCCCCC(=O)Oc1ccc(CC(N)C=O)cc1. The van der Waals surface area contributed by atoms with Gasteiger partial charge in [0, 0.05) is 6.42 Å². The highest BCUT2D eigenvalue weighted by Gasteiger charge is 2.06. The Balaban J connectivity index is 2.00. The van der Waals surface area contributed by atoms with E-state index in [0.29, 0.717) is 18.6 Å². The Hall–Kier alpha value is -1.68. The molecule has 0 radical (unpaired) electrons. The zero-order valence-electron chi connectivity index (χ0n) is 17.7. The molecule has 2 N–H and O–H groups in total. The highest BCUT2D eigenvalue weighted by atomic mass is 16.5. The molecule has 1 atom stereocenters. The number of carbonyl (C=O) groups excluding carboxylic acids is 2. The van der Waals surface area contributed by atoms with E-state index < -0.39 is 6.04 Å². The first-order chi connectivity index (χ1) is 13.7. The van der Waals surface area contributed by atoms with E-state index in [9.17, 15) is 9.59 Å². The molecule has 0 aliphatic heterocycles. The topological polar surface area (TPSA) is 69.4 Å². The summed E-state index contributed by atoms with van der Waals surface area (Å²) in [6.45, 7) is 2.26. The molecule has 0 aliphatic rings. The van der Waals surface area contributed by atoms with Crippen LogP contribution in [0.15, 0.2) is 24.3 Å². The molecule has 4 heteroatoms. The standard InChI is InChI=1S/C24H39NO3/c1-2-3-4-5-6-7-8-9-10-11-12-13-14-24(27)28-23-17-15-21(16-18-23)19-22(25)20-26/h15-18,20,22H,2-14,19,25H2,1H3. The molecule has 0 saturated carbocycles. The average molecular weight is 390 g/mol. The summed E-state index contributed by atoms with van der Waals surface area (Å²) in [6, 6.07) is 6.71. The van der Waals surface area contributed by atoms with Gasteiger partial charge in [0.2, 0.25) is 0 Å². The third-order valence-electron chi connectivity index (χ3n) is 5.04. The van der Waals surface area contributed by atoms with Crippen molar-refractivity contribution in [1.29, 1.82) is 0 Å². The Morgan fingerprint density at radius 3 is 1.89 bits per heavy atom. The van der Waals surface area contributed by atoms with E-state index in [-0.39, 0.29) is 5.97 Å². The highest BCUT2D eigenvalue weighted by molar-refractivity contribution is 5.72. The Labute approximate surface area is 171 Å². The Kier molecular flexibility index (Phi) is 14.2. The smallest absolute Gasteiger partial charge is 0.311 e. The molecule has 28 heavy (non-hydrogen) atoms. The summed E-state index contributed by atoms with van der Waals surface area (Å²) in [5, 5.41) is 0. The van der Waals surface area contributed by atoms with Gasteiger partial charge in [-0.1, -0.05) is 89.7 Å². The monoisotopic (exact) mass is 389 g/mol. The van der Waals surface area contributed by atoms with E-state index >= 15 is 0 Å². The maximum atomic E-state index is 11.9. The molecule has 1 unspecified atom stereocenters. The molecule has 0 amide bonds. The second kappa shape index (κ2) is 16.3. The van der Waals surface area contributed by atoms with Gasteiger partial charge >= 0.3 is 5.97 Å². The lowest BCUT2D eigenvalue weighted by Gasteiger charge is -2.07. The zero-order valence-corrected chi connectivity index (χ0v) is 17.7. The van der Waals surface area contributed by atoms with Crippen LogP contribution in [-0.4, -0.2) is 18.3 Å². The van der Waals surface area contributed by atoms with Gasteiger partial charge < -0.3 is 15.3 Å². The van der Waals surface area contributed by atoms with Crippen LogP contribution in [0.5, 0.6) is 5.75 Å². The van der Waals surface area contributed by atoms with E-state index in [1.807, 2.05) is 12.1 Å². The van der Waals surface area contributed by atoms with E-state index in [0.717, 1.165) is 24.7 Å². The molecule has 0 fully saturated rings. The number of nitrogens with two attached hydrogens (primary N) is 1. The Morgan fingerprint density at radius 1 is 0.893 bits per heavy atom. The fourth-order valence-electron chi connectivity index (χ4n) is 3.31. The van der Waals surface area contributed by atoms with Crippen LogP contribution in [0, 0.1) is 0 Å². The van der Waals surface area contributed by atoms with Gasteiger partial charge in [0.1, 0.15) is 12.0 Å². The highest BCUT2D eigenvalue weighted by Crippen LogP contribution is 2.15.